The van der Waals surface area contributed by atoms with E-state index in [4.69, 9.17) is 4.74 Å². The second-order valence-corrected chi connectivity index (χ2v) is 8.21. The van der Waals surface area contributed by atoms with Crippen molar-refractivity contribution in [2.45, 2.75) is 6.54 Å². The van der Waals surface area contributed by atoms with Crippen LogP contribution in [0.1, 0.15) is 21.5 Å². The zero-order chi connectivity index (χ0) is 26.0. The average molecular weight is 493 g/mol. The van der Waals surface area contributed by atoms with E-state index in [-0.39, 0.29) is 18.1 Å². The molecule has 1 amide bonds. The average Bonchev–Trinajstić information content (AvgIpc) is 2.93. The van der Waals surface area contributed by atoms with Gasteiger partial charge >= 0.3 is 5.91 Å². The van der Waals surface area contributed by atoms with Crippen molar-refractivity contribution in [2.75, 3.05) is 19.0 Å². The number of halogens is 1. The van der Waals surface area contributed by atoms with Crippen LogP contribution in [-0.2, 0) is 11.3 Å². The summed E-state index contributed by atoms with van der Waals surface area (Å²) in [4.78, 5) is 24.9. The van der Waals surface area contributed by atoms with Gasteiger partial charge in [-0.15, -0.1) is 0 Å². The van der Waals surface area contributed by atoms with Crippen LogP contribution in [0.25, 0.3) is 11.1 Å². The van der Waals surface area contributed by atoms with Gasteiger partial charge in [-0.2, -0.15) is 0 Å². The van der Waals surface area contributed by atoms with Crippen LogP contribution >= 0.6 is 0 Å². The molecule has 0 unspecified atom stereocenters. The maximum absolute atomic E-state index is 13.1. The van der Waals surface area contributed by atoms with Crippen LogP contribution in [-0.4, -0.2) is 25.3 Å². The number of hydrogen-bond donors (Lipinski definition) is 2. The maximum Gasteiger partial charge on any atom is 0.300 e. The van der Waals surface area contributed by atoms with E-state index in [0.29, 0.717) is 23.5 Å². The highest BCUT2D eigenvalue weighted by atomic mass is 19.1. The first-order valence-corrected chi connectivity index (χ1v) is 11.7. The summed E-state index contributed by atoms with van der Waals surface area (Å²) in [6.45, 7) is 0.486. The fraction of sp³-hybridized carbons (Fsp3) is 0.0968. The van der Waals surface area contributed by atoms with Gasteiger partial charge in [-0.05, 0) is 53.6 Å². The predicted octanol–water partition coefficient (Wildman–Crippen LogP) is 5.46. The second-order valence-electron chi connectivity index (χ2n) is 8.21. The minimum Gasteiger partial charge on any atom is -0.496 e. The smallest absolute Gasteiger partial charge is 0.300 e. The zero-order valence-corrected chi connectivity index (χ0v) is 20.3. The van der Waals surface area contributed by atoms with E-state index >= 15 is 0 Å². The molecule has 0 atom stereocenters. The maximum atomic E-state index is 13.1. The molecule has 6 heteroatoms. The number of rotatable bonds is 8. The lowest BCUT2D eigenvalue weighted by Gasteiger charge is -2.12. The SMILES string of the molecule is COc1ccc(NC(=O)C#Cc2ccccc2)cc1CNCC(=O)c1ccc(-c2ccc(F)cc2)cc1. The normalized spacial score (nSPS) is 10.2. The standard InChI is InChI=1S/C31H25FN2O3/c1-37-30-17-16-28(34-31(36)18-7-22-5-3-2-4-6-22)19-26(30)20-33-21-29(35)25-10-8-23(9-11-25)24-12-14-27(32)15-13-24/h2-6,8-17,19,33H,20-21H2,1H3,(H,34,36). The lowest BCUT2D eigenvalue weighted by atomic mass is 10.0. The largest absolute Gasteiger partial charge is 0.496 e. The number of anilines is 1. The van der Waals surface area contributed by atoms with Crippen molar-refractivity contribution in [1.82, 2.24) is 5.32 Å². The van der Waals surface area contributed by atoms with Crippen molar-refractivity contribution >= 4 is 17.4 Å². The fourth-order valence-electron chi connectivity index (χ4n) is 3.71. The summed E-state index contributed by atoms with van der Waals surface area (Å²) >= 11 is 0. The molecular formula is C31H25FN2O3. The number of amides is 1. The summed E-state index contributed by atoms with van der Waals surface area (Å²) in [6, 6.07) is 28.0. The van der Waals surface area contributed by atoms with Gasteiger partial charge in [-0.3, -0.25) is 9.59 Å². The van der Waals surface area contributed by atoms with Gasteiger partial charge in [0, 0.05) is 34.8 Å². The molecule has 0 saturated carbocycles. The Morgan fingerprint density at radius 3 is 2.22 bits per heavy atom. The van der Waals surface area contributed by atoms with Crippen LogP contribution in [0.5, 0.6) is 5.75 Å². The van der Waals surface area contributed by atoms with Gasteiger partial charge in [0.25, 0.3) is 0 Å². The Bertz CT molecular complexity index is 1440. The van der Waals surface area contributed by atoms with Crippen molar-refractivity contribution in [1.29, 1.82) is 0 Å². The molecule has 0 spiro atoms. The number of methoxy groups -OCH3 is 1. The van der Waals surface area contributed by atoms with Crippen LogP contribution in [0.3, 0.4) is 0 Å². The highest BCUT2D eigenvalue weighted by Crippen LogP contribution is 2.23. The lowest BCUT2D eigenvalue weighted by Crippen LogP contribution is -2.23. The highest BCUT2D eigenvalue weighted by Gasteiger charge is 2.10. The summed E-state index contributed by atoms with van der Waals surface area (Å²) in [5.41, 5.74) is 4.48. The number of hydrogen-bond acceptors (Lipinski definition) is 4. The third-order valence-electron chi connectivity index (χ3n) is 5.62. The summed E-state index contributed by atoms with van der Waals surface area (Å²) < 4.78 is 18.6. The number of ether oxygens (including phenoxy) is 1. The molecule has 4 aromatic carbocycles. The zero-order valence-electron chi connectivity index (χ0n) is 20.3. The van der Waals surface area contributed by atoms with E-state index < -0.39 is 5.91 Å². The van der Waals surface area contributed by atoms with Crippen LogP contribution in [0.15, 0.2) is 97.1 Å². The molecule has 4 aromatic rings. The Labute approximate surface area is 215 Å². The molecule has 4 rings (SSSR count). The summed E-state index contributed by atoms with van der Waals surface area (Å²) in [7, 11) is 1.57. The number of Topliss-reactive ketones (excluding diaryl/α,β-unsaturated/α-hetero) is 1. The minimum absolute atomic E-state index is 0.0646. The van der Waals surface area contributed by atoms with Gasteiger partial charge in [-0.25, -0.2) is 4.39 Å². The minimum atomic E-state index is -0.424. The Hall–Kier alpha value is -4.73. The third-order valence-corrected chi connectivity index (χ3v) is 5.62. The van der Waals surface area contributed by atoms with E-state index in [9.17, 15) is 14.0 Å². The monoisotopic (exact) mass is 492 g/mol. The van der Waals surface area contributed by atoms with Gasteiger partial charge < -0.3 is 15.4 Å². The van der Waals surface area contributed by atoms with Crippen LogP contribution in [0.2, 0.25) is 0 Å². The van der Waals surface area contributed by atoms with Gasteiger partial charge in [0.1, 0.15) is 11.6 Å². The number of nitrogens with one attached hydrogen (secondary N) is 2. The number of carbonyl (C=O) groups excluding carboxylic acids is 2. The predicted molar refractivity (Wildman–Crippen MR) is 143 cm³/mol. The van der Waals surface area contributed by atoms with Crippen LogP contribution < -0.4 is 15.4 Å². The molecule has 0 aliphatic rings. The van der Waals surface area contributed by atoms with E-state index in [1.807, 2.05) is 42.5 Å². The number of benzene rings is 4. The molecule has 0 bridgehead atoms. The Balaban J connectivity index is 1.34. The van der Waals surface area contributed by atoms with Crippen LogP contribution in [0, 0.1) is 17.7 Å². The number of carbonyl (C=O) groups is 2. The highest BCUT2D eigenvalue weighted by molar-refractivity contribution is 6.04. The van der Waals surface area contributed by atoms with E-state index in [1.54, 1.807) is 49.6 Å². The molecule has 37 heavy (non-hydrogen) atoms. The number of ketones is 1. The molecule has 0 aliphatic carbocycles. The topological polar surface area (TPSA) is 67.4 Å². The molecule has 0 fully saturated rings. The van der Waals surface area contributed by atoms with Crippen molar-refractivity contribution in [3.8, 4) is 28.7 Å². The van der Waals surface area contributed by atoms with Gasteiger partial charge in [0.15, 0.2) is 5.78 Å². The summed E-state index contributed by atoms with van der Waals surface area (Å²) in [5.74, 6) is 5.27. The molecule has 0 radical (unpaired) electrons. The molecule has 0 saturated heterocycles. The Morgan fingerprint density at radius 1 is 0.865 bits per heavy atom. The first-order valence-electron chi connectivity index (χ1n) is 11.7. The van der Waals surface area contributed by atoms with Crippen molar-refractivity contribution in [2.24, 2.45) is 0 Å². The molecule has 0 aliphatic heterocycles. The van der Waals surface area contributed by atoms with Crippen molar-refractivity contribution < 1.29 is 18.7 Å². The van der Waals surface area contributed by atoms with Crippen molar-refractivity contribution in [3.05, 3.63) is 120 Å². The Kier molecular flexibility index (Phi) is 8.43. The summed E-state index contributed by atoms with van der Waals surface area (Å²) in [6.07, 6.45) is 0. The van der Waals surface area contributed by atoms with Gasteiger partial charge in [0.2, 0.25) is 0 Å². The van der Waals surface area contributed by atoms with Crippen molar-refractivity contribution in [3.63, 3.8) is 0 Å². The first-order chi connectivity index (χ1) is 18.0. The molecule has 184 valence electrons. The lowest BCUT2D eigenvalue weighted by molar-refractivity contribution is -0.111. The molecule has 2 N–H and O–H groups in total. The molecule has 5 nitrogen and oxygen atoms in total. The first kappa shape index (κ1) is 25.4. The third kappa shape index (κ3) is 7.14. The molecular weight excluding hydrogens is 467 g/mol. The molecule has 0 aromatic heterocycles. The fourth-order valence-corrected chi connectivity index (χ4v) is 3.71. The second kappa shape index (κ2) is 12.3. The van der Waals surface area contributed by atoms with E-state index in [1.165, 1.54) is 12.1 Å². The van der Waals surface area contributed by atoms with E-state index in [0.717, 1.165) is 22.3 Å². The van der Waals surface area contributed by atoms with Gasteiger partial charge in [0.05, 0.1) is 13.7 Å². The van der Waals surface area contributed by atoms with Gasteiger partial charge in [-0.1, -0.05) is 60.5 Å². The van der Waals surface area contributed by atoms with Crippen LogP contribution in [0.4, 0.5) is 10.1 Å². The Morgan fingerprint density at radius 2 is 1.54 bits per heavy atom. The summed E-state index contributed by atoms with van der Waals surface area (Å²) in [5, 5.41) is 5.91. The quantitative estimate of drug-likeness (QED) is 0.253. The van der Waals surface area contributed by atoms with E-state index in [2.05, 4.69) is 22.5 Å². The molecule has 0 heterocycles.